The summed E-state index contributed by atoms with van der Waals surface area (Å²) in [6, 6.07) is 6.01. The van der Waals surface area contributed by atoms with E-state index in [4.69, 9.17) is 20.4 Å². The third kappa shape index (κ3) is 5.35. The van der Waals surface area contributed by atoms with Gasteiger partial charge in [-0.3, -0.25) is 0 Å². The van der Waals surface area contributed by atoms with Crippen LogP contribution in [0.1, 0.15) is 64.5 Å². The lowest BCUT2D eigenvalue weighted by molar-refractivity contribution is 0.0303. The van der Waals surface area contributed by atoms with E-state index in [-0.39, 0.29) is 5.92 Å². The van der Waals surface area contributed by atoms with Crippen molar-refractivity contribution in [2.45, 2.75) is 71.1 Å². The molecule has 9 nitrogen and oxygen atoms in total. The first-order valence-electron chi connectivity index (χ1n) is 12.1. The molecule has 0 saturated heterocycles. The summed E-state index contributed by atoms with van der Waals surface area (Å²) in [6.07, 6.45) is 7.90. The number of nitrogens with zero attached hydrogens (tertiary/aromatic N) is 4. The Kier molecular flexibility index (Phi) is 7.11. The molecule has 0 amide bonds. The number of nitrogens with two attached hydrogens (primary N) is 1. The number of hydrogen-bond donors (Lipinski definition) is 4. The molecule has 34 heavy (non-hydrogen) atoms. The molecule has 0 aliphatic heterocycles. The number of imidazole rings is 1. The van der Waals surface area contributed by atoms with E-state index in [9.17, 15) is 5.11 Å². The van der Waals surface area contributed by atoms with Gasteiger partial charge in [0.05, 0.1) is 19.0 Å². The van der Waals surface area contributed by atoms with Gasteiger partial charge in [-0.1, -0.05) is 26.2 Å². The van der Waals surface area contributed by atoms with Gasteiger partial charge in [0.1, 0.15) is 5.75 Å². The van der Waals surface area contributed by atoms with E-state index < -0.39 is 5.60 Å². The Morgan fingerprint density at radius 3 is 2.68 bits per heavy atom. The van der Waals surface area contributed by atoms with Crippen LogP contribution >= 0.6 is 0 Å². The minimum atomic E-state index is -0.800. The summed E-state index contributed by atoms with van der Waals surface area (Å²) in [5, 5.41) is 17.1. The van der Waals surface area contributed by atoms with Crippen LogP contribution in [0.25, 0.3) is 11.2 Å². The Bertz CT molecular complexity index is 1120. The molecule has 3 aromatic rings. The molecule has 1 atom stereocenters. The van der Waals surface area contributed by atoms with Crippen LogP contribution in [0.15, 0.2) is 24.5 Å². The number of nitrogen functional groups attached to an aromatic ring is 1. The highest BCUT2D eigenvalue weighted by atomic mass is 16.5. The number of aromatic nitrogens is 4. The number of methoxy groups -OCH3 is 1. The minimum absolute atomic E-state index is 0.0167. The summed E-state index contributed by atoms with van der Waals surface area (Å²) in [6.45, 7) is 6.66. The van der Waals surface area contributed by atoms with Gasteiger partial charge in [-0.15, -0.1) is 0 Å². The second-order valence-corrected chi connectivity index (χ2v) is 9.87. The largest absolute Gasteiger partial charge is 0.497 e. The fourth-order valence-electron chi connectivity index (χ4n) is 4.28. The zero-order valence-electron chi connectivity index (χ0n) is 20.6. The standard InChI is InChI=1S/C25H37N7O2/c1-16(25(2,3)33)13-28-24-30-22(27-14-17-12-19(34-4)10-11-20(17)26)21-23(31-24)32(15-29-21)18-8-6-5-7-9-18/h10-12,15-16,18,33H,5-9,13-14,26H2,1-4H3,(H2,27,28,30,31). The fourth-order valence-corrected chi connectivity index (χ4v) is 4.28. The van der Waals surface area contributed by atoms with E-state index in [2.05, 4.69) is 20.2 Å². The number of hydrogen-bond acceptors (Lipinski definition) is 8. The van der Waals surface area contributed by atoms with Gasteiger partial charge in [0.15, 0.2) is 17.0 Å². The lowest BCUT2D eigenvalue weighted by Gasteiger charge is -2.26. The number of fused-ring (bicyclic) bond motifs is 1. The number of anilines is 3. The van der Waals surface area contributed by atoms with Crippen LogP contribution in [0.2, 0.25) is 0 Å². The molecule has 2 aromatic heterocycles. The fraction of sp³-hybridized carbons (Fsp3) is 0.560. The molecule has 0 spiro atoms. The van der Waals surface area contributed by atoms with Crippen molar-refractivity contribution >= 4 is 28.6 Å². The molecule has 1 unspecified atom stereocenters. The monoisotopic (exact) mass is 467 g/mol. The first-order valence-corrected chi connectivity index (χ1v) is 12.1. The summed E-state index contributed by atoms with van der Waals surface area (Å²) in [5.74, 6) is 1.94. The SMILES string of the molecule is COc1ccc(N)c(CNc2nc(NCC(C)C(C)(C)O)nc3c2ncn3C2CCCCC2)c1. The topological polar surface area (TPSA) is 123 Å². The molecule has 9 heteroatoms. The number of rotatable bonds is 9. The van der Waals surface area contributed by atoms with Crippen molar-refractivity contribution in [3.8, 4) is 5.75 Å². The lowest BCUT2D eigenvalue weighted by Crippen LogP contribution is -2.33. The van der Waals surface area contributed by atoms with Gasteiger partial charge in [0.25, 0.3) is 0 Å². The first kappa shape index (κ1) is 24.1. The second kappa shape index (κ2) is 10.0. The van der Waals surface area contributed by atoms with Gasteiger partial charge < -0.3 is 30.8 Å². The maximum atomic E-state index is 10.3. The van der Waals surface area contributed by atoms with Gasteiger partial charge in [0, 0.05) is 30.7 Å². The van der Waals surface area contributed by atoms with Crippen LogP contribution in [0.5, 0.6) is 5.75 Å². The average molecular weight is 468 g/mol. The Labute approximate surface area is 201 Å². The quantitative estimate of drug-likeness (QED) is 0.343. The molecule has 5 N–H and O–H groups in total. The molecule has 1 saturated carbocycles. The van der Waals surface area contributed by atoms with Crippen LogP contribution in [-0.4, -0.2) is 43.9 Å². The first-order chi connectivity index (χ1) is 16.3. The minimum Gasteiger partial charge on any atom is -0.497 e. The van der Waals surface area contributed by atoms with E-state index >= 15 is 0 Å². The Morgan fingerprint density at radius 1 is 1.21 bits per heavy atom. The van der Waals surface area contributed by atoms with Gasteiger partial charge in [-0.2, -0.15) is 9.97 Å². The van der Waals surface area contributed by atoms with Crippen LogP contribution in [0.3, 0.4) is 0 Å². The van der Waals surface area contributed by atoms with Crippen molar-refractivity contribution in [2.75, 3.05) is 30.0 Å². The van der Waals surface area contributed by atoms with Crippen molar-refractivity contribution in [1.82, 2.24) is 19.5 Å². The molecule has 4 rings (SSSR count). The third-order valence-corrected chi connectivity index (χ3v) is 6.96. The highest BCUT2D eigenvalue weighted by Crippen LogP contribution is 2.32. The zero-order chi connectivity index (χ0) is 24.3. The van der Waals surface area contributed by atoms with E-state index in [0.29, 0.717) is 36.6 Å². The lowest BCUT2D eigenvalue weighted by atomic mass is 9.93. The maximum absolute atomic E-state index is 10.3. The van der Waals surface area contributed by atoms with E-state index in [1.807, 2.05) is 45.3 Å². The molecule has 1 aliphatic carbocycles. The summed E-state index contributed by atoms with van der Waals surface area (Å²) in [5.41, 5.74) is 8.56. The van der Waals surface area contributed by atoms with E-state index in [1.165, 1.54) is 19.3 Å². The number of nitrogens with one attached hydrogen (secondary N) is 2. The summed E-state index contributed by atoms with van der Waals surface area (Å²) in [4.78, 5) is 14.3. The summed E-state index contributed by atoms with van der Waals surface area (Å²) < 4.78 is 7.55. The van der Waals surface area contributed by atoms with Crippen molar-refractivity contribution in [2.24, 2.45) is 5.92 Å². The van der Waals surface area contributed by atoms with Crippen molar-refractivity contribution in [3.05, 3.63) is 30.1 Å². The van der Waals surface area contributed by atoms with E-state index in [0.717, 1.165) is 35.3 Å². The van der Waals surface area contributed by atoms with Gasteiger partial charge in [-0.05, 0) is 50.5 Å². The predicted molar refractivity (Wildman–Crippen MR) is 136 cm³/mol. The van der Waals surface area contributed by atoms with Crippen LogP contribution in [-0.2, 0) is 6.54 Å². The highest BCUT2D eigenvalue weighted by molar-refractivity contribution is 5.84. The predicted octanol–water partition coefficient (Wildman–Crippen LogP) is 4.35. The van der Waals surface area contributed by atoms with Crippen LogP contribution < -0.4 is 21.1 Å². The Balaban J connectivity index is 1.65. The number of aliphatic hydroxyl groups is 1. The molecule has 2 heterocycles. The second-order valence-electron chi connectivity index (χ2n) is 9.87. The summed E-state index contributed by atoms with van der Waals surface area (Å²) >= 11 is 0. The third-order valence-electron chi connectivity index (χ3n) is 6.96. The summed E-state index contributed by atoms with van der Waals surface area (Å²) in [7, 11) is 1.64. The zero-order valence-corrected chi connectivity index (χ0v) is 20.6. The smallest absolute Gasteiger partial charge is 0.226 e. The molecular formula is C25H37N7O2. The van der Waals surface area contributed by atoms with Gasteiger partial charge in [-0.25, -0.2) is 4.98 Å². The van der Waals surface area contributed by atoms with Crippen molar-refractivity contribution in [1.29, 1.82) is 0 Å². The normalized spacial score (nSPS) is 15.9. The van der Waals surface area contributed by atoms with Crippen LogP contribution in [0.4, 0.5) is 17.5 Å². The van der Waals surface area contributed by atoms with Crippen LogP contribution in [0, 0.1) is 5.92 Å². The van der Waals surface area contributed by atoms with Crippen molar-refractivity contribution in [3.63, 3.8) is 0 Å². The Morgan fingerprint density at radius 2 is 1.97 bits per heavy atom. The molecule has 184 valence electrons. The average Bonchev–Trinajstić information content (AvgIpc) is 3.26. The van der Waals surface area contributed by atoms with Crippen molar-refractivity contribution < 1.29 is 9.84 Å². The van der Waals surface area contributed by atoms with Gasteiger partial charge >= 0.3 is 0 Å². The molecular weight excluding hydrogens is 430 g/mol. The molecule has 0 bridgehead atoms. The Hall–Kier alpha value is -3.07. The van der Waals surface area contributed by atoms with E-state index in [1.54, 1.807) is 7.11 Å². The van der Waals surface area contributed by atoms with Gasteiger partial charge in [0.2, 0.25) is 5.95 Å². The number of ether oxygens (including phenoxy) is 1. The molecule has 1 aliphatic rings. The maximum Gasteiger partial charge on any atom is 0.226 e. The highest BCUT2D eigenvalue weighted by Gasteiger charge is 2.24. The molecule has 1 aromatic carbocycles. The molecule has 0 radical (unpaired) electrons. The number of benzene rings is 1. The molecule has 1 fully saturated rings.